The summed E-state index contributed by atoms with van der Waals surface area (Å²) in [6, 6.07) is 18.8. The quantitative estimate of drug-likeness (QED) is 0.246. The van der Waals surface area contributed by atoms with Crippen molar-refractivity contribution in [2.24, 2.45) is 0 Å². The predicted molar refractivity (Wildman–Crippen MR) is 153 cm³/mol. The van der Waals surface area contributed by atoms with Crippen molar-refractivity contribution >= 4 is 99.7 Å². The maximum Gasteiger partial charge on any atom is 0.0653 e. The Balaban J connectivity index is 0.000000342. The van der Waals surface area contributed by atoms with E-state index in [1.807, 2.05) is 124 Å². The van der Waals surface area contributed by atoms with E-state index in [2.05, 4.69) is 30.3 Å². The van der Waals surface area contributed by atoms with Gasteiger partial charge in [0.15, 0.2) is 0 Å². The molecule has 4 aliphatic heterocycles. The Labute approximate surface area is 229 Å². The van der Waals surface area contributed by atoms with E-state index in [1.54, 1.807) is 0 Å². The molecule has 31 heavy (non-hydrogen) atoms. The molecule has 0 saturated carbocycles. The van der Waals surface area contributed by atoms with Gasteiger partial charge in [0.2, 0.25) is 0 Å². The number of hydrogen-bond donors (Lipinski definition) is 0. The third kappa shape index (κ3) is 6.56. The van der Waals surface area contributed by atoms with Crippen molar-refractivity contribution in [3.63, 3.8) is 0 Å². The van der Waals surface area contributed by atoms with E-state index in [4.69, 9.17) is 0 Å². The molecule has 0 unspecified atom stereocenters. The first-order valence-corrected chi connectivity index (χ1v) is 16.6. The molecule has 4 aliphatic rings. The van der Waals surface area contributed by atoms with Crippen LogP contribution in [-0.2, 0) is 17.1 Å². The van der Waals surface area contributed by atoms with Gasteiger partial charge in [0.05, 0.1) is 16.9 Å². The van der Waals surface area contributed by atoms with Crippen LogP contribution in [0, 0.1) is 0 Å². The summed E-state index contributed by atoms with van der Waals surface area (Å²) in [5.74, 6) is 4.98. The van der Waals surface area contributed by atoms with E-state index >= 15 is 0 Å². The molecule has 2 aromatic carbocycles. The van der Waals surface area contributed by atoms with Crippen molar-refractivity contribution < 1.29 is 17.1 Å². The van der Waals surface area contributed by atoms with Crippen LogP contribution in [0.2, 0.25) is 0 Å². The molecule has 0 fully saturated rings. The van der Waals surface area contributed by atoms with Crippen molar-refractivity contribution in [2.45, 2.75) is 0 Å². The van der Waals surface area contributed by atoms with Gasteiger partial charge in [0.25, 0.3) is 0 Å². The van der Waals surface area contributed by atoms with E-state index in [0.29, 0.717) is 0 Å². The summed E-state index contributed by atoms with van der Waals surface area (Å²) in [7, 11) is 0. The summed E-state index contributed by atoms with van der Waals surface area (Å²) in [4.78, 5) is 0. The van der Waals surface area contributed by atoms with E-state index in [9.17, 15) is 0 Å². The minimum Gasteiger partial charge on any atom is -0.214 e. The average Bonchev–Trinajstić information content (AvgIpc) is 3.57. The zero-order valence-electron chi connectivity index (χ0n) is 16.2. The Bertz CT molecular complexity index is 941. The number of rotatable bonds is 2. The third-order valence-corrected chi connectivity index (χ3v) is 15.7. The molecule has 2 aromatic rings. The molecule has 0 saturated heterocycles. The predicted octanol–water partition coefficient (Wildman–Crippen LogP) is 9.49. The van der Waals surface area contributed by atoms with Crippen LogP contribution >= 0.6 is 94.1 Å². The molecule has 9 heteroatoms. The fourth-order valence-electron chi connectivity index (χ4n) is 2.87. The number of thioether (sulfide) groups is 8. The van der Waals surface area contributed by atoms with Gasteiger partial charge < -0.3 is 0 Å². The smallest absolute Gasteiger partial charge is 0.0653 e. The first-order chi connectivity index (χ1) is 14.9. The van der Waals surface area contributed by atoms with Gasteiger partial charge in [-0.3, -0.25) is 0 Å². The van der Waals surface area contributed by atoms with Crippen molar-refractivity contribution in [2.75, 3.05) is 23.0 Å². The molecular weight excluding hydrogens is 577 g/mol. The molecule has 0 nitrogen and oxygen atoms in total. The molecule has 0 radical (unpaired) electrons. The van der Waals surface area contributed by atoms with E-state index in [1.165, 1.54) is 59.6 Å². The second-order valence-electron chi connectivity index (χ2n) is 6.25. The van der Waals surface area contributed by atoms with Gasteiger partial charge in [-0.25, -0.2) is 12.1 Å². The van der Waals surface area contributed by atoms with Gasteiger partial charge in [-0.1, -0.05) is 40.7 Å². The number of allylic oxidation sites excluding steroid dienone is 2. The van der Waals surface area contributed by atoms with Crippen molar-refractivity contribution in [1.82, 2.24) is 0 Å². The molecule has 6 rings (SSSR count). The summed E-state index contributed by atoms with van der Waals surface area (Å²) >= 11 is 16.0. The summed E-state index contributed by atoms with van der Waals surface area (Å²) in [5, 5.41) is 0. The van der Waals surface area contributed by atoms with Crippen LogP contribution in [-0.4, -0.2) is 23.0 Å². The van der Waals surface area contributed by atoms with Gasteiger partial charge in [-0.05, 0) is 4.24 Å². The summed E-state index contributed by atoms with van der Waals surface area (Å²) in [5.41, 5.74) is 2.75. The van der Waals surface area contributed by atoms with Gasteiger partial charge in [-0.15, -0.1) is 82.7 Å². The maximum absolute atomic E-state index is 2.44. The Kier molecular flexibility index (Phi) is 10.2. The molecule has 4 heterocycles. The van der Waals surface area contributed by atoms with Crippen molar-refractivity contribution in [3.8, 4) is 0 Å². The largest absolute Gasteiger partial charge is 0.214 e. The molecule has 0 aromatic heterocycles. The molecule has 0 atom stereocenters. The first-order valence-electron chi connectivity index (χ1n) is 9.43. The summed E-state index contributed by atoms with van der Waals surface area (Å²) in [6.45, 7) is 0. The van der Waals surface area contributed by atoms with Crippen LogP contribution < -0.4 is 0 Å². The second-order valence-corrected chi connectivity index (χ2v) is 16.4. The zero-order chi connectivity index (χ0) is 20.2. The molecule has 0 aliphatic carbocycles. The Morgan fingerprint density at radius 3 is 1.65 bits per heavy atom. The topological polar surface area (TPSA) is 0 Å². The Morgan fingerprint density at radius 1 is 0.710 bits per heavy atom. The normalized spacial score (nSPS) is 20.0. The maximum atomic E-state index is 2.44. The molecule has 0 N–H and O–H groups in total. The minimum atomic E-state index is 0. The van der Waals surface area contributed by atoms with Crippen LogP contribution in [0.25, 0.3) is 5.57 Å². The number of hydrogen-bond acceptors (Lipinski definition) is 8. The van der Waals surface area contributed by atoms with Crippen LogP contribution in [0.15, 0.2) is 86.1 Å². The van der Waals surface area contributed by atoms with Crippen LogP contribution in [0.1, 0.15) is 5.56 Å². The molecule has 0 spiro atoms. The van der Waals surface area contributed by atoms with Crippen molar-refractivity contribution in [1.29, 1.82) is 0 Å². The molecule has 0 bridgehead atoms. The zero-order valence-corrected chi connectivity index (χ0v) is 23.9. The minimum absolute atomic E-state index is 0. The van der Waals surface area contributed by atoms with Crippen LogP contribution in [0.5, 0.6) is 0 Å². The monoisotopic (exact) mass is 594 g/mol. The molecular formula is C22H18FeS8-2. The Morgan fingerprint density at radius 2 is 1.19 bits per heavy atom. The molecule has 0 amide bonds. The van der Waals surface area contributed by atoms with E-state index < -0.39 is 0 Å². The average molecular weight is 595 g/mol. The fourth-order valence-corrected chi connectivity index (χ4v) is 14.7. The summed E-state index contributed by atoms with van der Waals surface area (Å²) < 4.78 is 8.98. The summed E-state index contributed by atoms with van der Waals surface area (Å²) in [6.07, 6.45) is 2.44. The van der Waals surface area contributed by atoms with E-state index in [-0.39, 0.29) is 17.1 Å². The van der Waals surface area contributed by atoms with E-state index in [0.717, 1.165) is 0 Å². The second kappa shape index (κ2) is 12.6. The first kappa shape index (κ1) is 25.1. The van der Waals surface area contributed by atoms with Gasteiger partial charge in [0, 0.05) is 44.3 Å². The third-order valence-electron chi connectivity index (χ3n) is 4.20. The molecule has 164 valence electrons. The van der Waals surface area contributed by atoms with Crippen LogP contribution in [0.4, 0.5) is 0 Å². The van der Waals surface area contributed by atoms with Gasteiger partial charge in [-0.2, -0.15) is 30.3 Å². The van der Waals surface area contributed by atoms with Gasteiger partial charge in [0.1, 0.15) is 0 Å². The van der Waals surface area contributed by atoms with Crippen molar-refractivity contribution in [3.05, 3.63) is 91.7 Å². The van der Waals surface area contributed by atoms with Crippen LogP contribution in [0.3, 0.4) is 0 Å². The fraction of sp³-hybridized carbons (Fsp3) is 0.182. The van der Waals surface area contributed by atoms with Gasteiger partial charge >= 0.3 is 0 Å². The standard InChI is InChI=1S/C17H13S8.C5H5.Fe/c1-2-4-10(3-1)11(13-24-16-17(25-13)21-8-7-20-16)9-12-22-14-15(23-12)19-6-5-18-14;1-2-4-5-3-1;/h1-4,9H,5-8H2;1-5H;/q2*-1;. The Hall–Kier alpha value is 0.979. The SMILES string of the molecule is C(=C1SC2=C(SCCS2)S1)C(=C1SC2=C(SCCS2)S1)[c-]1cccc1.[Fe].c1cc[cH-]c1.